The van der Waals surface area contributed by atoms with E-state index in [9.17, 15) is 0 Å². The lowest BCUT2D eigenvalue weighted by Crippen LogP contribution is -2.20. The van der Waals surface area contributed by atoms with Gasteiger partial charge in [0.2, 0.25) is 0 Å². The number of hydrogen-bond acceptors (Lipinski definition) is 3. The number of likely N-dealkylation sites (tertiary alicyclic amines) is 1. The van der Waals surface area contributed by atoms with Crippen molar-refractivity contribution < 1.29 is 0 Å². The van der Waals surface area contributed by atoms with Crippen LogP contribution in [0.1, 0.15) is 28.8 Å². The van der Waals surface area contributed by atoms with Crippen LogP contribution in [0, 0.1) is 0 Å². The molecule has 4 nitrogen and oxygen atoms in total. The molecule has 0 aliphatic carbocycles. The van der Waals surface area contributed by atoms with Crippen molar-refractivity contribution in [1.29, 1.82) is 0 Å². The van der Waals surface area contributed by atoms with Crippen molar-refractivity contribution in [2.45, 2.75) is 18.4 Å². The van der Waals surface area contributed by atoms with Crippen molar-refractivity contribution in [3.8, 4) is 0 Å². The number of benzene rings is 1. The van der Waals surface area contributed by atoms with E-state index in [1.807, 2.05) is 18.5 Å². The molecule has 1 N–H and O–H groups in total. The number of pyridine rings is 1. The normalized spacial score (nSPS) is 21.6. The zero-order valence-corrected chi connectivity index (χ0v) is 13.0. The van der Waals surface area contributed by atoms with E-state index in [0.717, 1.165) is 25.3 Å². The Bertz CT molecular complexity index is 725. The number of H-pyrrole nitrogens is 1. The van der Waals surface area contributed by atoms with Gasteiger partial charge < -0.3 is 0 Å². The number of nitrogens with zero attached hydrogens (tertiary/aromatic N) is 3. The van der Waals surface area contributed by atoms with E-state index in [-0.39, 0.29) is 0 Å². The molecule has 0 spiro atoms. The highest BCUT2D eigenvalue weighted by molar-refractivity contribution is 5.28. The number of aromatic amines is 1. The first-order chi connectivity index (χ1) is 11.4. The van der Waals surface area contributed by atoms with Crippen molar-refractivity contribution in [2.75, 3.05) is 13.1 Å². The van der Waals surface area contributed by atoms with Crippen molar-refractivity contribution in [1.82, 2.24) is 20.1 Å². The van der Waals surface area contributed by atoms with E-state index < -0.39 is 0 Å². The number of hydrogen-bond donors (Lipinski definition) is 1. The van der Waals surface area contributed by atoms with Crippen LogP contribution in [0.25, 0.3) is 0 Å². The summed E-state index contributed by atoms with van der Waals surface area (Å²) in [7, 11) is 0. The molecule has 0 radical (unpaired) electrons. The maximum atomic E-state index is 4.47. The zero-order chi connectivity index (χ0) is 15.5. The van der Waals surface area contributed by atoms with Gasteiger partial charge in [-0.3, -0.25) is 15.0 Å². The van der Waals surface area contributed by atoms with Gasteiger partial charge in [-0.2, -0.15) is 5.10 Å². The van der Waals surface area contributed by atoms with Gasteiger partial charge in [0.15, 0.2) is 0 Å². The Balaban J connectivity index is 1.59. The predicted molar refractivity (Wildman–Crippen MR) is 90.0 cm³/mol. The smallest absolute Gasteiger partial charge is 0.0543 e. The molecular weight excluding hydrogens is 284 g/mol. The van der Waals surface area contributed by atoms with Gasteiger partial charge in [0.1, 0.15) is 0 Å². The summed E-state index contributed by atoms with van der Waals surface area (Å²) >= 11 is 0. The lowest BCUT2D eigenvalue weighted by molar-refractivity contribution is 0.319. The maximum absolute atomic E-state index is 4.47. The quantitative estimate of drug-likeness (QED) is 0.805. The molecule has 23 heavy (non-hydrogen) atoms. The van der Waals surface area contributed by atoms with Gasteiger partial charge >= 0.3 is 0 Å². The summed E-state index contributed by atoms with van der Waals surface area (Å²) in [5, 5.41) is 7.32. The fourth-order valence-electron chi connectivity index (χ4n) is 3.56. The molecule has 3 heterocycles. The Hall–Kier alpha value is -2.46. The second-order valence-corrected chi connectivity index (χ2v) is 6.15. The van der Waals surface area contributed by atoms with Crippen molar-refractivity contribution >= 4 is 0 Å². The summed E-state index contributed by atoms with van der Waals surface area (Å²) < 4.78 is 0. The fourth-order valence-corrected chi connectivity index (χ4v) is 3.56. The first kappa shape index (κ1) is 14.2. The molecule has 3 aromatic rings. The highest BCUT2D eigenvalue weighted by Crippen LogP contribution is 2.39. The molecule has 2 aromatic heterocycles. The van der Waals surface area contributed by atoms with Crippen molar-refractivity contribution in [3.05, 3.63) is 83.9 Å². The van der Waals surface area contributed by atoms with Gasteiger partial charge in [0.05, 0.1) is 5.69 Å². The second-order valence-electron chi connectivity index (χ2n) is 6.15. The number of aromatic nitrogens is 3. The van der Waals surface area contributed by atoms with Gasteiger partial charge in [0.25, 0.3) is 0 Å². The SMILES string of the molecule is c1ccc([C@@H]2CN(Cc3ccccn3)C[C@H]2c2ccn[nH]2)cc1. The van der Waals surface area contributed by atoms with Crippen LogP contribution >= 0.6 is 0 Å². The minimum absolute atomic E-state index is 0.448. The Kier molecular flexibility index (Phi) is 3.90. The van der Waals surface area contributed by atoms with Gasteiger partial charge in [-0.1, -0.05) is 36.4 Å². The molecule has 2 atom stereocenters. The van der Waals surface area contributed by atoms with Crippen LogP contribution in [0.15, 0.2) is 67.0 Å². The molecular formula is C19H20N4. The molecule has 116 valence electrons. The largest absolute Gasteiger partial charge is 0.296 e. The first-order valence-electron chi connectivity index (χ1n) is 8.06. The number of nitrogens with one attached hydrogen (secondary N) is 1. The highest BCUT2D eigenvalue weighted by atomic mass is 15.2. The van der Waals surface area contributed by atoms with Gasteiger partial charge in [-0.25, -0.2) is 0 Å². The Morgan fingerprint density at radius 2 is 1.74 bits per heavy atom. The van der Waals surface area contributed by atoms with Crippen LogP contribution in [0.4, 0.5) is 0 Å². The average molecular weight is 304 g/mol. The fraction of sp³-hybridized carbons (Fsp3) is 0.263. The lowest BCUT2D eigenvalue weighted by Gasteiger charge is -2.17. The summed E-state index contributed by atoms with van der Waals surface area (Å²) in [4.78, 5) is 6.96. The van der Waals surface area contributed by atoms with Crippen molar-refractivity contribution in [2.24, 2.45) is 0 Å². The van der Waals surface area contributed by atoms with Crippen LogP contribution < -0.4 is 0 Å². The molecule has 0 saturated carbocycles. The van der Waals surface area contributed by atoms with Crippen LogP contribution in [0.2, 0.25) is 0 Å². The third-order valence-electron chi connectivity index (χ3n) is 4.66. The van der Waals surface area contributed by atoms with E-state index in [4.69, 9.17) is 0 Å². The molecule has 4 heteroatoms. The molecule has 0 unspecified atom stereocenters. The minimum atomic E-state index is 0.448. The van der Waals surface area contributed by atoms with Gasteiger partial charge in [-0.15, -0.1) is 0 Å². The summed E-state index contributed by atoms with van der Waals surface area (Å²) in [6, 6.07) is 19.0. The molecule has 1 saturated heterocycles. The summed E-state index contributed by atoms with van der Waals surface area (Å²) in [6.45, 7) is 2.97. The maximum Gasteiger partial charge on any atom is 0.0543 e. The Morgan fingerprint density at radius 1 is 0.913 bits per heavy atom. The Morgan fingerprint density at radius 3 is 2.48 bits per heavy atom. The Labute approximate surface area is 136 Å². The van der Waals surface area contributed by atoms with E-state index in [1.165, 1.54) is 11.3 Å². The highest BCUT2D eigenvalue weighted by Gasteiger charge is 2.35. The third-order valence-corrected chi connectivity index (χ3v) is 4.66. The van der Waals surface area contributed by atoms with Crippen LogP contribution in [0.5, 0.6) is 0 Å². The molecule has 1 aliphatic rings. The molecule has 0 amide bonds. The third kappa shape index (κ3) is 3.03. The first-order valence-corrected chi connectivity index (χ1v) is 8.06. The molecule has 0 bridgehead atoms. The monoisotopic (exact) mass is 304 g/mol. The standard InChI is InChI=1S/C19H20N4/c1-2-6-15(7-3-1)17-13-23(12-16-8-4-5-10-20-16)14-18(17)19-9-11-21-22-19/h1-11,17-18H,12-14H2,(H,21,22)/t17-,18+/m0/s1. The van der Waals surface area contributed by atoms with Crippen LogP contribution in [-0.4, -0.2) is 33.2 Å². The lowest BCUT2D eigenvalue weighted by atomic mass is 9.87. The number of rotatable bonds is 4. The molecule has 1 fully saturated rings. The van der Waals surface area contributed by atoms with Gasteiger partial charge in [0, 0.05) is 49.6 Å². The van der Waals surface area contributed by atoms with Crippen LogP contribution in [0.3, 0.4) is 0 Å². The summed E-state index contributed by atoms with van der Waals surface area (Å²) in [5.41, 5.74) is 3.75. The second kappa shape index (κ2) is 6.34. The van der Waals surface area contributed by atoms with E-state index in [1.54, 1.807) is 0 Å². The topological polar surface area (TPSA) is 44.8 Å². The zero-order valence-electron chi connectivity index (χ0n) is 13.0. The van der Waals surface area contributed by atoms with Crippen LogP contribution in [-0.2, 0) is 6.54 Å². The molecule has 1 aromatic carbocycles. The van der Waals surface area contributed by atoms with E-state index >= 15 is 0 Å². The minimum Gasteiger partial charge on any atom is -0.296 e. The molecule has 4 rings (SSSR count). The average Bonchev–Trinajstić information content (AvgIpc) is 3.26. The van der Waals surface area contributed by atoms with Crippen molar-refractivity contribution in [3.63, 3.8) is 0 Å². The summed E-state index contributed by atoms with van der Waals surface area (Å²) in [5.74, 6) is 0.934. The summed E-state index contributed by atoms with van der Waals surface area (Å²) in [6.07, 6.45) is 3.71. The molecule has 1 aliphatic heterocycles. The van der Waals surface area contributed by atoms with E-state index in [0.29, 0.717) is 11.8 Å². The van der Waals surface area contributed by atoms with E-state index in [2.05, 4.69) is 68.6 Å². The predicted octanol–water partition coefficient (Wildman–Crippen LogP) is 3.19. The van der Waals surface area contributed by atoms with Gasteiger partial charge in [-0.05, 0) is 23.8 Å².